The summed E-state index contributed by atoms with van der Waals surface area (Å²) in [6.07, 6.45) is 1.51. The van der Waals surface area contributed by atoms with Crippen LogP contribution < -0.4 is 10.5 Å². The SMILES string of the molecule is Cc1nc2ccc(N3C(=O)/C(=C\c4cccc([N+](=O)[O-])c4)N=C3c3ccccc3)cc2c(=O)[nH]1. The number of aliphatic imine (C=N–C) groups is 1. The summed E-state index contributed by atoms with van der Waals surface area (Å²) in [5, 5.41) is 11.5. The molecule has 5 rings (SSSR count). The van der Waals surface area contributed by atoms with Crippen molar-refractivity contribution in [3.63, 3.8) is 0 Å². The Labute approximate surface area is 192 Å². The first-order chi connectivity index (χ1) is 16.4. The van der Waals surface area contributed by atoms with Crippen molar-refractivity contribution < 1.29 is 9.72 Å². The van der Waals surface area contributed by atoms with Gasteiger partial charge in [-0.3, -0.25) is 24.6 Å². The van der Waals surface area contributed by atoms with E-state index in [1.807, 2.05) is 30.3 Å². The average molecular weight is 451 g/mol. The van der Waals surface area contributed by atoms with Crippen LogP contribution in [0.25, 0.3) is 17.0 Å². The molecule has 4 aromatic rings. The van der Waals surface area contributed by atoms with Crippen molar-refractivity contribution >= 4 is 40.1 Å². The number of aromatic nitrogens is 2. The Hall–Kier alpha value is -4.92. The molecule has 0 saturated carbocycles. The predicted octanol–water partition coefficient (Wildman–Crippen LogP) is 3.97. The summed E-state index contributed by atoms with van der Waals surface area (Å²) in [6, 6.07) is 20.2. The molecule has 0 unspecified atom stereocenters. The molecule has 1 N–H and O–H groups in total. The number of aromatic amines is 1. The Bertz CT molecular complexity index is 1590. The maximum Gasteiger partial charge on any atom is 0.282 e. The molecule has 0 saturated heterocycles. The van der Waals surface area contributed by atoms with Gasteiger partial charge in [-0.2, -0.15) is 0 Å². The molecule has 1 aliphatic rings. The number of hydrogen-bond acceptors (Lipinski definition) is 6. The molecule has 2 heterocycles. The first kappa shape index (κ1) is 21.0. The molecule has 1 aromatic heterocycles. The molecule has 1 aliphatic heterocycles. The lowest BCUT2D eigenvalue weighted by Crippen LogP contribution is -2.32. The lowest BCUT2D eigenvalue weighted by molar-refractivity contribution is -0.384. The van der Waals surface area contributed by atoms with E-state index >= 15 is 0 Å². The number of fused-ring (bicyclic) bond motifs is 1. The van der Waals surface area contributed by atoms with E-state index in [4.69, 9.17) is 0 Å². The maximum absolute atomic E-state index is 13.5. The number of carbonyl (C=O) groups is 1. The van der Waals surface area contributed by atoms with Gasteiger partial charge < -0.3 is 4.98 Å². The van der Waals surface area contributed by atoms with Crippen molar-refractivity contribution in [1.82, 2.24) is 9.97 Å². The number of rotatable bonds is 4. The Kier molecular flexibility index (Phi) is 5.06. The highest BCUT2D eigenvalue weighted by Crippen LogP contribution is 2.29. The van der Waals surface area contributed by atoms with Crippen molar-refractivity contribution in [3.8, 4) is 0 Å². The van der Waals surface area contributed by atoms with Gasteiger partial charge in [0.2, 0.25) is 0 Å². The highest BCUT2D eigenvalue weighted by molar-refractivity contribution is 6.33. The minimum Gasteiger partial charge on any atom is -0.310 e. The van der Waals surface area contributed by atoms with Gasteiger partial charge in [0.15, 0.2) is 0 Å². The summed E-state index contributed by atoms with van der Waals surface area (Å²) in [5.74, 6) is 0.468. The Morgan fingerprint density at radius 2 is 1.79 bits per heavy atom. The second-order valence-electron chi connectivity index (χ2n) is 7.68. The molecular weight excluding hydrogens is 434 g/mol. The van der Waals surface area contributed by atoms with Crippen LogP contribution in [-0.4, -0.2) is 26.6 Å². The van der Waals surface area contributed by atoms with E-state index in [9.17, 15) is 19.7 Å². The summed E-state index contributed by atoms with van der Waals surface area (Å²) < 4.78 is 0. The van der Waals surface area contributed by atoms with Crippen LogP contribution in [0.15, 0.2) is 88.3 Å². The number of nitrogens with one attached hydrogen (secondary N) is 1. The standard InChI is InChI=1S/C25H17N5O4/c1-15-26-21-11-10-18(14-20(21)24(31)27-15)29-23(17-7-3-2-4-8-17)28-22(25(29)32)13-16-6-5-9-19(12-16)30(33)34/h2-14H,1H3,(H,26,27,31)/b22-13+. The van der Waals surface area contributed by atoms with Crippen molar-refractivity contribution in [2.45, 2.75) is 6.92 Å². The highest BCUT2D eigenvalue weighted by atomic mass is 16.6. The lowest BCUT2D eigenvalue weighted by Gasteiger charge is -2.19. The second kappa shape index (κ2) is 8.21. The summed E-state index contributed by atoms with van der Waals surface area (Å²) in [6.45, 7) is 1.70. The average Bonchev–Trinajstić information content (AvgIpc) is 3.15. The largest absolute Gasteiger partial charge is 0.310 e. The number of nitrogens with zero attached hydrogens (tertiary/aromatic N) is 4. The molecule has 1 amide bonds. The lowest BCUT2D eigenvalue weighted by atomic mass is 10.1. The van der Waals surface area contributed by atoms with Crippen LogP contribution in [0.2, 0.25) is 0 Å². The van der Waals surface area contributed by atoms with Crippen LogP contribution in [0.1, 0.15) is 17.0 Å². The fraction of sp³-hybridized carbons (Fsp3) is 0.0400. The molecule has 9 nitrogen and oxygen atoms in total. The van der Waals surface area contributed by atoms with E-state index in [0.717, 1.165) is 0 Å². The quantitative estimate of drug-likeness (QED) is 0.286. The summed E-state index contributed by atoms with van der Waals surface area (Å²) >= 11 is 0. The van der Waals surface area contributed by atoms with Crippen LogP contribution in [0, 0.1) is 17.0 Å². The molecule has 0 spiro atoms. The number of nitro groups is 1. The number of benzene rings is 3. The predicted molar refractivity (Wildman–Crippen MR) is 129 cm³/mol. The van der Waals surface area contributed by atoms with Gasteiger partial charge in [-0.05, 0) is 36.8 Å². The van der Waals surface area contributed by atoms with E-state index in [0.29, 0.717) is 39.4 Å². The van der Waals surface area contributed by atoms with E-state index in [1.165, 1.54) is 23.1 Å². The third-order valence-electron chi connectivity index (χ3n) is 5.34. The van der Waals surface area contributed by atoms with E-state index < -0.39 is 10.8 Å². The van der Waals surface area contributed by atoms with E-state index in [-0.39, 0.29) is 16.9 Å². The molecular formula is C25H17N5O4. The number of hydrogen-bond donors (Lipinski definition) is 1. The first-order valence-electron chi connectivity index (χ1n) is 10.4. The summed E-state index contributed by atoms with van der Waals surface area (Å²) in [5.41, 5.74) is 1.89. The molecule has 34 heavy (non-hydrogen) atoms. The van der Waals surface area contributed by atoms with Crippen molar-refractivity contribution in [1.29, 1.82) is 0 Å². The fourth-order valence-electron chi connectivity index (χ4n) is 3.81. The smallest absolute Gasteiger partial charge is 0.282 e. The van der Waals surface area contributed by atoms with Crippen LogP contribution in [0.3, 0.4) is 0 Å². The number of nitro benzene ring substituents is 1. The van der Waals surface area contributed by atoms with Crippen molar-refractivity contribution in [2.75, 3.05) is 4.90 Å². The molecule has 0 aliphatic carbocycles. The zero-order valence-corrected chi connectivity index (χ0v) is 17.9. The molecule has 0 bridgehead atoms. The molecule has 3 aromatic carbocycles. The van der Waals surface area contributed by atoms with Gasteiger partial charge >= 0.3 is 0 Å². The van der Waals surface area contributed by atoms with E-state index in [1.54, 1.807) is 37.3 Å². The zero-order valence-electron chi connectivity index (χ0n) is 17.9. The summed E-state index contributed by atoms with van der Waals surface area (Å²) in [7, 11) is 0. The Morgan fingerprint density at radius 3 is 2.56 bits per heavy atom. The molecule has 0 fully saturated rings. The van der Waals surface area contributed by atoms with Crippen molar-refractivity contribution in [3.05, 3.63) is 116 Å². The number of non-ortho nitro benzene ring substituents is 1. The second-order valence-corrected chi connectivity index (χ2v) is 7.68. The number of amides is 1. The third kappa shape index (κ3) is 3.75. The van der Waals surface area contributed by atoms with Crippen LogP contribution in [0.4, 0.5) is 11.4 Å². The van der Waals surface area contributed by atoms with E-state index in [2.05, 4.69) is 15.0 Å². The topological polar surface area (TPSA) is 122 Å². The minimum absolute atomic E-state index is 0.0829. The Balaban J connectivity index is 1.65. The molecule has 9 heteroatoms. The van der Waals surface area contributed by atoms with Gasteiger partial charge in [0, 0.05) is 17.7 Å². The first-order valence-corrected chi connectivity index (χ1v) is 10.4. The normalized spacial score (nSPS) is 14.6. The highest BCUT2D eigenvalue weighted by Gasteiger charge is 2.32. The van der Waals surface area contributed by atoms with Gasteiger partial charge in [-0.25, -0.2) is 9.98 Å². The van der Waals surface area contributed by atoms with Crippen LogP contribution in [0.5, 0.6) is 0 Å². The van der Waals surface area contributed by atoms with Gasteiger partial charge in [0.25, 0.3) is 17.2 Å². The minimum atomic E-state index is -0.494. The number of aryl methyl sites for hydroxylation is 1. The van der Waals surface area contributed by atoms with Gasteiger partial charge in [0.05, 0.1) is 21.5 Å². The molecule has 166 valence electrons. The number of carbonyl (C=O) groups excluding carboxylic acids is 1. The zero-order chi connectivity index (χ0) is 23.8. The monoisotopic (exact) mass is 451 g/mol. The van der Waals surface area contributed by atoms with Gasteiger partial charge in [-0.1, -0.05) is 42.5 Å². The Morgan fingerprint density at radius 1 is 1.00 bits per heavy atom. The number of H-pyrrole nitrogens is 1. The molecule has 0 atom stereocenters. The number of amidine groups is 1. The van der Waals surface area contributed by atoms with Crippen LogP contribution >= 0.6 is 0 Å². The summed E-state index contributed by atoms with van der Waals surface area (Å²) in [4.78, 5) is 49.6. The third-order valence-corrected chi connectivity index (χ3v) is 5.34. The van der Waals surface area contributed by atoms with Gasteiger partial charge in [0.1, 0.15) is 17.4 Å². The maximum atomic E-state index is 13.5. The fourth-order valence-corrected chi connectivity index (χ4v) is 3.81. The van der Waals surface area contributed by atoms with Crippen molar-refractivity contribution in [2.24, 2.45) is 4.99 Å². The van der Waals surface area contributed by atoms with Crippen LogP contribution in [-0.2, 0) is 4.79 Å². The van der Waals surface area contributed by atoms with Gasteiger partial charge in [-0.15, -0.1) is 0 Å². The molecule has 0 radical (unpaired) electrons. The number of anilines is 1.